The second kappa shape index (κ2) is 11.6. The Morgan fingerprint density at radius 2 is 1.80 bits per heavy atom. The van der Waals surface area contributed by atoms with Crippen LogP contribution in [-0.4, -0.2) is 74.4 Å². The Kier molecular flexibility index (Phi) is 7.63. The van der Waals surface area contributed by atoms with Crippen LogP contribution in [0.5, 0.6) is 0 Å². The third-order valence-electron chi connectivity index (χ3n) is 7.71. The van der Waals surface area contributed by atoms with E-state index in [2.05, 4.69) is 10.2 Å². The maximum absolute atomic E-state index is 13.3. The minimum absolute atomic E-state index is 0.0910. The minimum atomic E-state index is -0.650. The summed E-state index contributed by atoms with van der Waals surface area (Å²) in [4.78, 5) is 47.7. The average molecular weight is 553 g/mol. The van der Waals surface area contributed by atoms with Gasteiger partial charge in [0.05, 0.1) is 43.3 Å². The number of ether oxygens (including phenoxy) is 2. The zero-order chi connectivity index (χ0) is 28.3. The second-order valence-electron chi connectivity index (χ2n) is 10.3. The maximum atomic E-state index is 13.3. The van der Waals surface area contributed by atoms with Crippen molar-refractivity contribution in [1.82, 2.24) is 4.90 Å². The van der Waals surface area contributed by atoms with Crippen LogP contribution in [0.15, 0.2) is 71.7 Å². The van der Waals surface area contributed by atoms with Crippen molar-refractivity contribution in [3.05, 3.63) is 89.0 Å². The molecule has 1 saturated heterocycles. The number of benzene rings is 3. The first-order valence-electron chi connectivity index (χ1n) is 14.0. The summed E-state index contributed by atoms with van der Waals surface area (Å²) in [5.41, 5.74) is 5.86. The summed E-state index contributed by atoms with van der Waals surface area (Å²) in [6.45, 7) is 5.90. The molecule has 0 aliphatic carbocycles. The lowest BCUT2D eigenvalue weighted by Gasteiger charge is -2.28. The van der Waals surface area contributed by atoms with E-state index in [1.54, 1.807) is 25.1 Å². The predicted molar refractivity (Wildman–Crippen MR) is 156 cm³/mol. The predicted octanol–water partition coefficient (Wildman–Crippen LogP) is 3.94. The van der Waals surface area contributed by atoms with Crippen LogP contribution in [0.2, 0.25) is 0 Å². The summed E-state index contributed by atoms with van der Waals surface area (Å²) in [6, 6.07) is 20.7. The molecular formula is C32H32N4O5. The third-order valence-corrected chi connectivity index (χ3v) is 7.71. The second-order valence-corrected chi connectivity index (χ2v) is 10.3. The molecule has 1 atom stereocenters. The van der Waals surface area contributed by atoms with E-state index in [4.69, 9.17) is 14.5 Å². The molecule has 210 valence electrons. The van der Waals surface area contributed by atoms with E-state index in [0.29, 0.717) is 43.3 Å². The number of morpholine rings is 1. The molecule has 0 aromatic heterocycles. The molecule has 3 aromatic rings. The third kappa shape index (κ3) is 5.51. The van der Waals surface area contributed by atoms with E-state index >= 15 is 0 Å². The van der Waals surface area contributed by atoms with Crippen molar-refractivity contribution in [3.8, 4) is 0 Å². The first-order valence-corrected chi connectivity index (χ1v) is 14.0. The van der Waals surface area contributed by atoms with Crippen molar-refractivity contribution in [2.45, 2.75) is 19.3 Å². The molecule has 1 fully saturated rings. The molecule has 0 radical (unpaired) electrons. The van der Waals surface area contributed by atoms with Crippen LogP contribution < -0.4 is 10.2 Å². The van der Waals surface area contributed by atoms with Gasteiger partial charge in [0.1, 0.15) is 5.92 Å². The SMILES string of the molecule is CCOC(=O)c1ccc2c(c1)NC(=O)C2C(=Nc1ccc2c(c1)CCN2C(=O)CN1CCOCC1)c1ccccc1. The Morgan fingerprint density at radius 1 is 1.00 bits per heavy atom. The van der Waals surface area contributed by atoms with Gasteiger partial charge < -0.3 is 19.7 Å². The number of carbonyl (C=O) groups is 3. The molecule has 1 unspecified atom stereocenters. The van der Waals surface area contributed by atoms with Crippen molar-refractivity contribution >= 4 is 40.6 Å². The number of rotatable bonds is 7. The van der Waals surface area contributed by atoms with Gasteiger partial charge in [-0.1, -0.05) is 36.4 Å². The molecule has 0 spiro atoms. The van der Waals surface area contributed by atoms with Crippen molar-refractivity contribution in [3.63, 3.8) is 0 Å². The van der Waals surface area contributed by atoms with E-state index < -0.39 is 11.9 Å². The van der Waals surface area contributed by atoms with Crippen LogP contribution in [0.1, 0.15) is 39.9 Å². The van der Waals surface area contributed by atoms with E-state index in [1.807, 2.05) is 53.4 Å². The molecule has 3 heterocycles. The molecule has 3 aliphatic heterocycles. The van der Waals surface area contributed by atoms with Gasteiger partial charge in [-0.3, -0.25) is 19.5 Å². The van der Waals surface area contributed by atoms with Gasteiger partial charge in [0.25, 0.3) is 0 Å². The van der Waals surface area contributed by atoms with E-state index in [0.717, 1.165) is 47.6 Å². The Morgan fingerprint density at radius 3 is 2.59 bits per heavy atom. The number of esters is 1. The van der Waals surface area contributed by atoms with E-state index in [1.165, 1.54) is 0 Å². The van der Waals surface area contributed by atoms with Crippen LogP contribution in [0.3, 0.4) is 0 Å². The molecule has 9 heteroatoms. The Labute approximate surface area is 238 Å². The topological polar surface area (TPSA) is 101 Å². The molecule has 0 bridgehead atoms. The number of nitrogens with one attached hydrogen (secondary N) is 1. The van der Waals surface area contributed by atoms with Crippen molar-refractivity contribution < 1.29 is 23.9 Å². The molecule has 3 aliphatic rings. The Balaban J connectivity index is 1.31. The smallest absolute Gasteiger partial charge is 0.338 e. The first kappa shape index (κ1) is 26.9. The molecule has 0 saturated carbocycles. The van der Waals surface area contributed by atoms with Crippen LogP contribution in [0.25, 0.3) is 0 Å². The number of hydrogen-bond donors (Lipinski definition) is 1. The number of amides is 2. The number of carbonyl (C=O) groups excluding carboxylic acids is 3. The monoisotopic (exact) mass is 552 g/mol. The number of fused-ring (bicyclic) bond motifs is 2. The summed E-state index contributed by atoms with van der Waals surface area (Å²) in [6.07, 6.45) is 0.748. The molecular weight excluding hydrogens is 520 g/mol. The lowest BCUT2D eigenvalue weighted by molar-refractivity contribution is -0.120. The maximum Gasteiger partial charge on any atom is 0.338 e. The summed E-state index contributed by atoms with van der Waals surface area (Å²) in [5.74, 6) is -1.19. The van der Waals surface area contributed by atoms with Crippen molar-refractivity contribution in [2.24, 2.45) is 4.99 Å². The fraction of sp³-hybridized carbons (Fsp3) is 0.312. The van der Waals surface area contributed by atoms with Crippen molar-refractivity contribution in [2.75, 3.05) is 56.2 Å². The van der Waals surface area contributed by atoms with Gasteiger partial charge in [0, 0.05) is 31.0 Å². The largest absolute Gasteiger partial charge is 0.462 e. The van der Waals surface area contributed by atoms with E-state index in [-0.39, 0.29) is 18.4 Å². The fourth-order valence-electron chi connectivity index (χ4n) is 5.67. The highest BCUT2D eigenvalue weighted by atomic mass is 16.5. The number of hydrogen-bond acceptors (Lipinski definition) is 7. The summed E-state index contributed by atoms with van der Waals surface area (Å²) in [5, 5.41) is 2.93. The molecule has 3 aromatic carbocycles. The highest BCUT2D eigenvalue weighted by Gasteiger charge is 2.36. The molecule has 41 heavy (non-hydrogen) atoms. The average Bonchev–Trinajstić information content (AvgIpc) is 3.56. The Hall–Kier alpha value is -4.34. The fourth-order valence-corrected chi connectivity index (χ4v) is 5.67. The van der Waals surface area contributed by atoms with Crippen molar-refractivity contribution in [1.29, 1.82) is 0 Å². The number of aliphatic imine (C=N–C) groups is 1. The lowest BCUT2D eigenvalue weighted by atomic mass is 9.90. The lowest BCUT2D eigenvalue weighted by Crippen LogP contribution is -2.44. The zero-order valence-electron chi connectivity index (χ0n) is 23.0. The highest BCUT2D eigenvalue weighted by Crippen LogP contribution is 2.38. The number of nitrogens with zero attached hydrogens (tertiary/aromatic N) is 3. The van der Waals surface area contributed by atoms with Gasteiger partial charge in [0.2, 0.25) is 11.8 Å². The van der Waals surface area contributed by atoms with Gasteiger partial charge in [0.15, 0.2) is 0 Å². The van der Waals surface area contributed by atoms with Gasteiger partial charge in [-0.05, 0) is 60.4 Å². The summed E-state index contributed by atoms with van der Waals surface area (Å²) >= 11 is 0. The molecule has 6 rings (SSSR count). The van der Waals surface area contributed by atoms with Gasteiger partial charge in [-0.15, -0.1) is 0 Å². The van der Waals surface area contributed by atoms with Gasteiger partial charge >= 0.3 is 5.97 Å². The van der Waals surface area contributed by atoms with Crippen LogP contribution in [-0.2, 0) is 25.5 Å². The van der Waals surface area contributed by atoms with Crippen LogP contribution in [0, 0.1) is 0 Å². The van der Waals surface area contributed by atoms with E-state index in [9.17, 15) is 14.4 Å². The highest BCUT2D eigenvalue weighted by molar-refractivity contribution is 6.24. The summed E-state index contributed by atoms with van der Waals surface area (Å²) in [7, 11) is 0. The van der Waals surface area contributed by atoms with Crippen LogP contribution >= 0.6 is 0 Å². The normalized spacial score (nSPS) is 18.6. The quantitative estimate of drug-likeness (QED) is 0.352. The Bertz CT molecular complexity index is 1510. The number of anilines is 2. The van der Waals surface area contributed by atoms with Gasteiger partial charge in [-0.2, -0.15) is 0 Å². The first-order chi connectivity index (χ1) is 20.0. The summed E-state index contributed by atoms with van der Waals surface area (Å²) < 4.78 is 10.5. The van der Waals surface area contributed by atoms with Gasteiger partial charge in [-0.25, -0.2) is 4.79 Å². The molecule has 2 amide bonds. The standard InChI is InChI=1S/C32H32N4O5/c1-2-41-32(39)23-8-10-25-26(19-23)34-31(38)29(25)30(21-6-4-3-5-7-21)33-24-9-11-27-22(18-24)12-13-36(27)28(37)20-35-14-16-40-17-15-35/h3-11,18-19,29H,2,12-17,20H2,1H3,(H,34,38). The molecule has 9 nitrogen and oxygen atoms in total. The van der Waals surface area contributed by atoms with Crippen LogP contribution in [0.4, 0.5) is 17.1 Å². The minimum Gasteiger partial charge on any atom is -0.462 e. The zero-order valence-corrected chi connectivity index (χ0v) is 23.0. The molecule has 1 N–H and O–H groups in total.